The van der Waals surface area contributed by atoms with Gasteiger partial charge in [-0.15, -0.1) is 0 Å². The molecule has 0 unspecified atom stereocenters. The minimum atomic E-state index is -0.518. The molecule has 2 aliphatic heterocycles. The first kappa shape index (κ1) is 26.6. The van der Waals surface area contributed by atoms with Gasteiger partial charge in [-0.1, -0.05) is 30.3 Å². The minimum absolute atomic E-state index is 0.0307. The van der Waals surface area contributed by atoms with Gasteiger partial charge in [-0.05, 0) is 79.3 Å². The lowest BCUT2D eigenvalue weighted by atomic mass is 9.75. The zero-order chi connectivity index (χ0) is 27.5. The summed E-state index contributed by atoms with van der Waals surface area (Å²) in [6, 6.07) is 19.5. The molecule has 204 valence electrons. The molecule has 0 aromatic heterocycles. The van der Waals surface area contributed by atoms with Crippen molar-refractivity contribution in [1.82, 2.24) is 10.2 Å². The van der Waals surface area contributed by atoms with Crippen LogP contribution in [-0.2, 0) is 11.2 Å². The number of benzene rings is 3. The molecule has 2 heterocycles. The van der Waals surface area contributed by atoms with Crippen LogP contribution in [0.25, 0.3) is 0 Å². The van der Waals surface area contributed by atoms with Gasteiger partial charge in [0.25, 0.3) is 5.91 Å². The third-order valence-corrected chi connectivity index (χ3v) is 7.96. The van der Waals surface area contributed by atoms with E-state index < -0.39 is 12.0 Å². The van der Waals surface area contributed by atoms with Crippen LogP contribution in [0.15, 0.2) is 60.7 Å². The van der Waals surface area contributed by atoms with Gasteiger partial charge in [-0.2, -0.15) is 0 Å². The summed E-state index contributed by atoms with van der Waals surface area (Å²) in [5, 5.41) is 3.21. The first-order valence-corrected chi connectivity index (χ1v) is 13.7. The Morgan fingerprint density at radius 2 is 1.79 bits per heavy atom. The quantitative estimate of drug-likeness (QED) is 0.402. The van der Waals surface area contributed by atoms with E-state index in [-0.39, 0.29) is 11.8 Å². The molecule has 0 spiro atoms. The molecule has 3 aromatic carbocycles. The Morgan fingerprint density at radius 3 is 2.54 bits per heavy atom. The van der Waals surface area contributed by atoms with Crippen LogP contribution >= 0.6 is 0 Å². The number of amides is 2. The number of fused-ring (bicyclic) bond motifs is 4. The fourth-order valence-electron chi connectivity index (χ4n) is 6.02. The topological polar surface area (TPSA) is 71.1 Å². The summed E-state index contributed by atoms with van der Waals surface area (Å²) < 4.78 is 11.1. The van der Waals surface area contributed by atoms with Crippen LogP contribution in [0.3, 0.4) is 0 Å². The molecule has 0 aliphatic carbocycles. The Bertz CT molecular complexity index is 1370. The van der Waals surface area contributed by atoms with Crippen molar-refractivity contribution in [2.45, 2.75) is 38.6 Å². The number of hydrogen-bond acceptors (Lipinski definition) is 5. The molecule has 1 N–H and O–H groups in total. The molecule has 39 heavy (non-hydrogen) atoms. The maximum absolute atomic E-state index is 13.9. The molecular formula is C32H37N3O4. The van der Waals surface area contributed by atoms with Gasteiger partial charge >= 0.3 is 0 Å². The summed E-state index contributed by atoms with van der Waals surface area (Å²) in [5.41, 5.74) is 5.83. The maximum Gasteiger partial charge on any atom is 0.254 e. The summed E-state index contributed by atoms with van der Waals surface area (Å²) in [4.78, 5) is 31.7. The normalized spacial score (nSPS) is 17.5. The Labute approximate surface area is 230 Å². The third-order valence-electron chi connectivity index (χ3n) is 7.96. The molecule has 3 aromatic rings. The van der Waals surface area contributed by atoms with Gasteiger partial charge in [0.1, 0.15) is 0 Å². The zero-order valence-corrected chi connectivity index (χ0v) is 23.2. The van der Waals surface area contributed by atoms with Gasteiger partial charge in [-0.25, -0.2) is 0 Å². The van der Waals surface area contributed by atoms with E-state index in [1.807, 2.05) is 41.3 Å². The smallest absolute Gasteiger partial charge is 0.254 e. The summed E-state index contributed by atoms with van der Waals surface area (Å²) in [5.74, 6) is 0.639. The molecule has 2 aliphatic rings. The van der Waals surface area contributed by atoms with Crippen LogP contribution < -0.4 is 19.7 Å². The van der Waals surface area contributed by atoms with Crippen molar-refractivity contribution >= 4 is 17.5 Å². The highest BCUT2D eigenvalue weighted by molar-refractivity contribution is 6.01. The van der Waals surface area contributed by atoms with Gasteiger partial charge in [0, 0.05) is 37.4 Å². The number of ether oxygens (including phenoxy) is 2. The number of rotatable bonds is 9. The van der Waals surface area contributed by atoms with E-state index in [0.29, 0.717) is 36.6 Å². The highest BCUT2D eigenvalue weighted by Crippen LogP contribution is 2.48. The van der Waals surface area contributed by atoms with Crippen LogP contribution in [0.5, 0.6) is 11.5 Å². The van der Waals surface area contributed by atoms with E-state index in [1.54, 1.807) is 14.2 Å². The number of anilines is 1. The number of hydrogen-bond donors (Lipinski definition) is 1. The Balaban J connectivity index is 1.40. The molecule has 0 fully saturated rings. The lowest BCUT2D eigenvalue weighted by molar-refractivity contribution is -0.124. The second-order valence-corrected chi connectivity index (χ2v) is 10.2. The fourth-order valence-corrected chi connectivity index (χ4v) is 6.02. The molecule has 2 amide bonds. The van der Waals surface area contributed by atoms with Gasteiger partial charge in [0.2, 0.25) is 5.91 Å². The first-order valence-electron chi connectivity index (χ1n) is 13.7. The van der Waals surface area contributed by atoms with Crippen LogP contribution in [0.4, 0.5) is 5.69 Å². The van der Waals surface area contributed by atoms with Crippen LogP contribution in [0, 0.1) is 6.92 Å². The van der Waals surface area contributed by atoms with E-state index in [2.05, 4.69) is 48.3 Å². The largest absolute Gasteiger partial charge is 0.493 e. The van der Waals surface area contributed by atoms with Gasteiger partial charge in [0.15, 0.2) is 11.5 Å². The number of carbonyl (C=O) groups excluding carboxylic acids is 2. The summed E-state index contributed by atoms with van der Waals surface area (Å²) >= 11 is 0. The van der Waals surface area contributed by atoms with Crippen LogP contribution in [-0.4, -0.2) is 57.1 Å². The third kappa shape index (κ3) is 5.05. The number of nitrogens with zero attached hydrogens (tertiary/aromatic N) is 2. The first-order chi connectivity index (χ1) is 19.0. The van der Waals surface area contributed by atoms with Gasteiger partial charge in [-0.3, -0.25) is 9.59 Å². The van der Waals surface area contributed by atoms with E-state index in [4.69, 9.17) is 9.47 Å². The Morgan fingerprint density at radius 1 is 1.03 bits per heavy atom. The van der Waals surface area contributed by atoms with E-state index in [1.165, 1.54) is 11.3 Å². The average Bonchev–Trinajstić information content (AvgIpc) is 2.96. The van der Waals surface area contributed by atoms with Crippen LogP contribution in [0.1, 0.15) is 57.9 Å². The second kappa shape index (κ2) is 11.4. The predicted molar refractivity (Wildman–Crippen MR) is 153 cm³/mol. The van der Waals surface area contributed by atoms with Crippen molar-refractivity contribution in [3.05, 3.63) is 88.5 Å². The van der Waals surface area contributed by atoms with Crippen molar-refractivity contribution < 1.29 is 19.1 Å². The molecule has 7 nitrogen and oxygen atoms in total. The average molecular weight is 528 g/mol. The second-order valence-electron chi connectivity index (χ2n) is 10.2. The molecule has 5 rings (SSSR count). The molecule has 0 bridgehead atoms. The molecule has 2 atom stereocenters. The summed E-state index contributed by atoms with van der Waals surface area (Å²) in [7, 11) is 3.22. The summed E-state index contributed by atoms with van der Waals surface area (Å²) in [6.07, 6.45) is 1.51. The van der Waals surface area contributed by atoms with E-state index >= 15 is 0 Å². The fraction of sp³-hybridized carbons (Fsp3) is 0.375. The molecule has 0 saturated heterocycles. The number of carbonyl (C=O) groups is 2. The Hall–Kier alpha value is -4.00. The monoisotopic (exact) mass is 527 g/mol. The lowest BCUT2D eigenvalue weighted by Crippen LogP contribution is -2.50. The van der Waals surface area contributed by atoms with E-state index in [0.717, 1.165) is 36.2 Å². The highest BCUT2D eigenvalue weighted by atomic mass is 16.5. The predicted octanol–water partition coefficient (Wildman–Crippen LogP) is 4.88. The van der Waals surface area contributed by atoms with Crippen molar-refractivity contribution in [3.8, 4) is 11.5 Å². The zero-order valence-electron chi connectivity index (χ0n) is 23.2. The van der Waals surface area contributed by atoms with Crippen molar-refractivity contribution in [2.24, 2.45) is 0 Å². The van der Waals surface area contributed by atoms with E-state index in [9.17, 15) is 9.59 Å². The highest BCUT2D eigenvalue weighted by Gasteiger charge is 2.46. The van der Waals surface area contributed by atoms with Crippen molar-refractivity contribution in [3.63, 3.8) is 0 Å². The van der Waals surface area contributed by atoms with Crippen LogP contribution in [0.2, 0.25) is 0 Å². The molecule has 7 heteroatoms. The lowest BCUT2D eigenvalue weighted by Gasteiger charge is -2.45. The van der Waals surface area contributed by atoms with Crippen molar-refractivity contribution in [1.29, 1.82) is 0 Å². The molecular weight excluding hydrogens is 490 g/mol. The van der Waals surface area contributed by atoms with Gasteiger partial charge in [0.05, 0.1) is 26.2 Å². The minimum Gasteiger partial charge on any atom is -0.493 e. The van der Waals surface area contributed by atoms with Gasteiger partial charge < -0.3 is 24.6 Å². The number of methoxy groups -OCH3 is 2. The number of aryl methyl sites for hydroxylation is 1. The number of nitrogens with one attached hydrogen (secondary N) is 1. The standard InChI is InChI=1S/C32H37N3O4/c1-5-34(23-11-8-10-21(2)18-23)16-9-15-33-31(36)29-24-12-6-7-13-25(24)32(37)35-17-14-22-19-27(38-3)28(39-4)20-26(22)30(29)35/h6-8,10-13,18-20,29-30H,5,9,14-17H2,1-4H3,(H,33,36)/t29-,30-/m0/s1. The summed E-state index contributed by atoms with van der Waals surface area (Å²) in [6.45, 7) is 7.09. The Kier molecular flexibility index (Phi) is 7.77. The maximum atomic E-state index is 13.9. The molecule has 0 saturated carbocycles. The SMILES string of the molecule is CCN(CCCNC(=O)[C@H]1c2ccccc2C(=O)N2CCc3cc(OC)c(OC)cc3[C@@H]12)c1cccc(C)c1. The van der Waals surface area contributed by atoms with Crippen molar-refractivity contribution in [2.75, 3.05) is 45.3 Å². The molecule has 0 radical (unpaired) electrons.